The summed E-state index contributed by atoms with van der Waals surface area (Å²) in [5.74, 6) is 0. The van der Waals surface area contributed by atoms with Crippen molar-refractivity contribution < 1.29 is 0 Å². The molecule has 2 heterocycles. The van der Waals surface area contributed by atoms with Gasteiger partial charge in [0, 0.05) is 38.3 Å². The van der Waals surface area contributed by atoms with Gasteiger partial charge in [-0.05, 0) is 135 Å². The van der Waals surface area contributed by atoms with Crippen LogP contribution >= 0.6 is 0 Å². The van der Waals surface area contributed by atoms with Crippen molar-refractivity contribution in [2.24, 2.45) is 0 Å². The van der Waals surface area contributed by atoms with Crippen LogP contribution in [0.15, 0.2) is 170 Å². The van der Waals surface area contributed by atoms with E-state index < -0.39 is 0 Å². The molecule has 0 unspecified atom stereocenters. The molecular formula is C53H38N2. The summed E-state index contributed by atoms with van der Waals surface area (Å²) in [4.78, 5) is 0. The highest BCUT2D eigenvalue weighted by molar-refractivity contribution is 6.13. The average molecular weight is 703 g/mol. The first-order valence-corrected chi connectivity index (χ1v) is 19.6. The summed E-state index contributed by atoms with van der Waals surface area (Å²) in [6, 6.07) is 63.7. The standard InChI is InChI=1S/C53H38N2/c1-53(2)47-18-10-8-16-40(47)43-30-46-45-28-35(24-27-50(45)54(52(46)32-48(43)53)37-13-4-3-5-14-37)33-22-25-38(26-23-33)55-49-19-11-9-17-41(49)44-29-36-21-20-34-12-6-7-15-39(34)42(36)31-51(44)55/h3-19,22-32H,20-21H2,1-2H3. The summed E-state index contributed by atoms with van der Waals surface area (Å²) < 4.78 is 4.92. The van der Waals surface area contributed by atoms with E-state index >= 15 is 0 Å². The highest BCUT2D eigenvalue weighted by atomic mass is 15.0. The number of aryl methyl sites for hydroxylation is 2. The number of aromatic nitrogens is 2. The summed E-state index contributed by atoms with van der Waals surface area (Å²) in [6.45, 7) is 4.74. The van der Waals surface area contributed by atoms with Crippen molar-refractivity contribution in [3.05, 3.63) is 192 Å². The summed E-state index contributed by atoms with van der Waals surface area (Å²) in [6.07, 6.45) is 2.18. The van der Waals surface area contributed by atoms with Gasteiger partial charge in [-0.1, -0.05) is 117 Å². The normalized spacial score (nSPS) is 14.0. The molecule has 0 amide bonds. The van der Waals surface area contributed by atoms with Crippen molar-refractivity contribution in [3.63, 3.8) is 0 Å². The Bertz CT molecular complexity index is 3210. The van der Waals surface area contributed by atoms with Crippen LogP contribution in [-0.4, -0.2) is 9.13 Å². The third kappa shape index (κ3) is 4.31. The minimum Gasteiger partial charge on any atom is -0.309 e. The van der Waals surface area contributed by atoms with Crippen molar-refractivity contribution in [2.75, 3.05) is 0 Å². The molecule has 8 aromatic carbocycles. The second kappa shape index (κ2) is 11.2. The lowest BCUT2D eigenvalue weighted by atomic mass is 9.82. The van der Waals surface area contributed by atoms with E-state index in [0.717, 1.165) is 12.8 Å². The molecule has 2 aromatic heterocycles. The number of fused-ring (bicyclic) bond motifs is 12. The largest absolute Gasteiger partial charge is 0.309 e. The highest BCUT2D eigenvalue weighted by Gasteiger charge is 2.36. The van der Waals surface area contributed by atoms with Gasteiger partial charge in [-0.15, -0.1) is 0 Å². The van der Waals surface area contributed by atoms with Gasteiger partial charge in [0.2, 0.25) is 0 Å². The van der Waals surface area contributed by atoms with Gasteiger partial charge in [0.15, 0.2) is 0 Å². The molecule has 0 atom stereocenters. The van der Waals surface area contributed by atoms with Crippen molar-refractivity contribution in [1.82, 2.24) is 9.13 Å². The summed E-state index contributed by atoms with van der Waals surface area (Å²) in [5, 5.41) is 5.20. The highest BCUT2D eigenvalue weighted by Crippen LogP contribution is 2.51. The Labute approximate surface area is 320 Å². The van der Waals surface area contributed by atoms with Crippen LogP contribution in [0, 0.1) is 0 Å². The first-order chi connectivity index (χ1) is 27.0. The molecule has 0 fully saturated rings. The molecule has 0 bridgehead atoms. The number of hydrogen-bond acceptors (Lipinski definition) is 0. The zero-order valence-electron chi connectivity index (χ0n) is 31.0. The maximum atomic E-state index is 2.47. The fourth-order valence-corrected chi connectivity index (χ4v) is 10.1. The Morgan fingerprint density at radius 2 is 0.982 bits per heavy atom. The van der Waals surface area contributed by atoms with Crippen LogP contribution in [0.4, 0.5) is 0 Å². The predicted octanol–water partition coefficient (Wildman–Crippen LogP) is 13.6. The molecule has 0 radical (unpaired) electrons. The van der Waals surface area contributed by atoms with E-state index in [-0.39, 0.29) is 5.41 Å². The van der Waals surface area contributed by atoms with Crippen LogP contribution < -0.4 is 0 Å². The van der Waals surface area contributed by atoms with Crippen molar-refractivity contribution in [2.45, 2.75) is 32.1 Å². The topological polar surface area (TPSA) is 9.86 Å². The minimum absolute atomic E-state index is 0.0643. The van der Waals surface area contributed by atoms with Crippen LogP contribution in [0.25, 0.3) is 88.4 Å². The van der Waals surface area contributed by atoms with E-state index in [2.05, 4.69) is 193 Å². The van der Waals surface area contributed by atoms with E-state index in [4.69, 9.17) is 0 Å². The molecule has 2 aliphatic carbocycles. The molecule has 0 spiro atoms. The number of hydrogen-bond donors (Lipinski definition) is 0. The lowest BCUT2D eigenvalue weighted by Gasteiger charge is -2.21. The van der Waals surface area contributed by atoms with Gasteiger partial charge < -0.3 is 9.13 Å². The van der Waals surface area contributed by atoms with Crippen LogP contribution in [0.5, 0.6) is 0 Å². The van der Waals surface area contributed by atoms with E-state index in [1.807, 2.05) is 0 Å². The molecule has 2 aliphatic rings. The maximum absolute atomic E-state index is 2.47. The molecule has 0 aliphatic heterocycles. The third-order valence-corrected chi connectivity index (χ3v) is 12.8. The van der Waals surface area contributed by atoms with Crippen LogP contribution in [0.3, 0.4) is 0 Å². The molecule has 55 heavy (non-hydrogen) atoms. The van der Waals surface area contributed by atoms with Crippen molar-refractivity contribution >= 4 is 43.6 Å². The number of benzene rings is 8. The molecule has 10 aromatic rings. The monoisotopic (exact) mass is 702 g/mol. The lowest BCUT2D eigenvalue weighted by Crippen LogP contribution is -2.14. The zero-order chi connectivity index (χ0) is 36.4. The predicted molar refractivity (Wildman–Crippen MR) is 231 cm³/mol. The van der Waals surface area contributed by atoms with Crippen LogP contribution in [0.2, 0.25) is 0 Å². The number of nitrogens with zero attached hydrogens (tertiary/aromatic N) is 2. The van der Waals surface area contributed by atoms with Crippen molar-refractivity contribution in [1.29, 1.82) is 0 Å². The van der Waals surface area contributed by atoms with Crippen LogP contribution in [0.1, 0.15) is 36.1 Å². The molecule has 12 rings (SSSR count). The fourth-order valence-electron chi connectivity index (χ4n) is 10.1. The van der Waals surface area contributed by atoms with Gasteiger partial charge in [0.1, 0.15) is 0 Å². The van der Waals surface area contributed by atoms with Gasteiger partial charge in [-0.25, -0.2) is 0 Å². The molecule has 260 valence electrons. The average Bonchev–Trinajstić information content (AvgIpc) is 3.82. The van der Waals surface area contributed by atoms with Gasteiger partial charge in [0.25, 0.3) is 0 Å². The SMILES string of the molecule is CC1(C)c2ccccc2-c2cc3c4cc(-c5ccc(-n6c7ccccc7c7cc8c(cc76)-c6ccccc6CC8)cc5)ccc4n(-c4ccccc4)c3cc21. The van der Waals surface area contributed by atoms with Crippen LogP contribution in [-0.2, 0) is 18.3 Å². The van der Waals surface area contributed by atoms with E-state index in [0.29, 0.717) is 0 Å². The Morgan fingerprint density at radius 3 is 1.84 bits per heavy atom. The summed E-state index contributed by atoms with van der Waals surface area (Å²) in [7, 11) is 0. The Morgan fingerprint density at radius 1 is 0.364 bits per heavy atom. The molecule has 0 N–H and O–H groups in total. The van der Waals surface area contributed by atoms with Gasteiger partial charge in [-0.3, -0.25) is 0 Å². The summed E-state index contributed by atoms with van der Waals surface area (Å²) >= 11 is 0. The minimum atomic E-state index is -0.0643. The molecule has 2 heteroatoms. The number of rotatable bonds is 3. The molecule has 0 saturated carbocycles. The third-order valence-electron chi connectivity index (χ3n) is 12.8. The zero-order valence-corrected chi connectivity index (χ0v) is 31.0. The Kier molecular flexibility index (Phi) is 6.27. The molecule has 0 saturated heterocycles. The second-order valence-corrected chi connectivity index (χ2v) is 16.1. The first kappa shape index (κ1) is 30.8. The van der Waals surface area contributed by atoms with Gasteiger partial charge in [-0.2, -0.15) is 0 Å². The van der Waals surface area contributed by atoms with E-state index in [1.54, 1.807) is 0 Å². The molecular weight excluding hydrogens is 665 g/mol. The summed E-state index contributed by atoms with van der Waals surface area (Å²) in [5.41, 5.74) is 20.9. The second-order valence-electron chi connectivity index (χ2n) is 16.1. The Hall–Kier alpha value is -6.64. The van der Waals surface area contributed by atoms with E-state index in [9.17, 15) is 0 Å². The first-order valence-electron chi connectivity index (χ1n) is 19.6. The quantitative estimate of drug-likeness (QED) is 0.173. The van der Waals surface area contributed by atoms with Gasteiger partial charge >= 0.3 is 0 Å². The fraction of sp³-hybridized carbons (Fsp3) is 0.0943. The van der Waals surface area contributed by atoms with Crippen molar-refractivity contribution in [3.8, 4) is 44.8 Å². The van der Waals surface area contributed by atoms with E-state index in [1.165, 1.54) is 111 Å². The van der Waals surface area contributed by atoms with Gasteiger partial charge in [0.05, 0.1) is 22.1 Å². The molecule has 2 nitrogen and oxygen atoms in total. The smallest absolute Gasteiger partial charge is 0.0547 e. The Balaban J connectivity index is 1.02. The maximum Gasteiger partial charge on any atom is 0.0547 e. The lowest BCUT2D eigenvalue weighted by molar-refractivity contribution is 0.661. The number of para-hydroxylation sites is 2.